The number of hydrogen-bond acceptors (Lipinski definition) is 6. The number of hydrogen-bond donors (Lipinski definition) is 3. The van der Waals surface area contributed by atoms with E-state index in [4.69, 9.17) is 14.2 Å². The lowest BCUT2D eigenvalue weighted by Gasteiger charge is -2.37. The van der Waals surface area contributed by atoms with Crippen LogP contribution in [0.2, 0.25) is 0 Å². The van der Waals surface area contributed by atoms with Gasteiger partial charge in [0, 0.05) is 5.92 Å². The van der Waals surface area contributed by atoms with Gasteiger partial charge in [-0.15, -0.1) is 0 Å². The highest BCUT2D eigenvalue weighted by Gasteiger charge is 2.44. The summed E-state index contributed by atoms with van der Waals surface area (Å²) in [6.45, 7) is 0. The maximum Gasteiger partial charge on any atom is 0.161 e. The normalized spacial score (nSPS) is 24.2. The van der Waals surface area contributed by atoms with Crippen LogP contribution in [0.15, 0.2) is 66.7 Å². The largest absolute Gasteiger partial charge is 0.497 e. The van der Waals surface area contributed by atoms with Crippen molar-refractivity contribution in [3.63, 3.8) is 0 Å². The summed E-state index contributed by atoms with van der Waals surface area (Å²) >= 11 is 0. The van der Waals surface area contributed by atoms with Crippen LogP contribution in [-0.2, 0) is 0 Å². The van der Waals surface area contributed by atoms with Crippen LogP contribution in [0.1, 0.15) is 40.3 Å². The van der Waals surface area contributed by atoms with Gasteiger partial charge in [0.2, 0.25) is 0 Å². The third kappa shape index (κ3) is 3.43. The molecule has 0 aliphatic carbocycles. The number of benzene rings is 3. The number of rotatable bonds is 5. The molecule has 0 radical (unpaired) electrons. The molecule has 2 aliphatic rings. The van der Waals surface area contributed by atoms with E-state index in [0.717, 1.165) is 22.8 Å². The molecule has 3 aromatic rings. The molecule has 4 atom stereocenters. The molecule has 0 amide bonds. The van der Waals surface area contributed by atoms with Crippen molar-refractivity contribution in [2.45, 2.75) is 24.2 Å². The lowest BCUT2D eigenvalue weighted by Crippen LogP contribution is -2.48. The van der Waals surface area contributed by atoms with Gasteiger partial charge in [-0.05, 0) is 46.5 Å². The molecule has 0 saturated carbocycles. The number of fused-ring (bicyclic) bond motifs is 3. The third-order valence-corrected chi connectivity index (χ3v) is 6.33. The minimum absolute atomic E-state index is 0.00536. The fourth-order valence-electron chi connectivity index (χ4n) is 4.80. The number of nitrogens with one attached hydrogen (secondary N) is 3. The second-order valence-corrected chi connectivity index (χ2v) is 7.89. The molecule has 6 nitrogen and oxygen atoms in total. The van der Waals surface area contributed by atoms with E-state index in [9.17, 15) is 0 Å². The van der Waals surface area contributed by atoms with Crippen LogP contribution in [0.3, 0.4) is 0 Å². The van der Waals surface area contributed by atoms with Crippen LogP contribution in [0.5, 0.6) is 17.2 Å². The van der Waals surface area contributed by atoms with E-state index in [2.05, 4.69) is 64.7 Å². The van der Waals surface area contributed by atoms with Gasteiger partial charge in [-0.2, -0.15) is 0 Å². The van der Waals surface area contributed by atoms with E-state index in [1.54, 1.807) is 21.3 Å². The Morgan fingerprint density at radius 2 is 1.35 bits per heavy atom. The Morgan fingerprint density at radius 3 is 2.00 bits per heavy atom. The first-order valence-electron chi connectivity index (χ1n) is 10.4. The van der Waals surface area contributed by atoms with Gasteiger partial charge in [0.25, 0.3) is 0 Å². The highest BCUT2D eigenvalue weighted by atomic mass is 16.5. The first-order valence-corrected chi connectivity index (χ1v) is 10.4. The molecular weight excluding hydrogens is 390 g/mol. The summed E-state index contributed by atoms with van der Waals surface area (Å²) in [5, 5.41) is 3.80. The lowest BCUT2D eigenvalue weighted by molar-refractivity contribution is 0.342. The van der Waals surface area contributed by atoms with Crippen LogP contribution in [0.25, 0.3) is 0 Å². The molecule has 1 saturated heterocycles. The maximum absolute atomic E-state index is 5.66. The molecule has 2 heterocycles. The van der Waals surface area contributed by atoms with Gasteiger partial charge in [0.15, 0.2) is 11.5 Å². The molecule has 2 aliphatic heterocycles. The summed E-state index contributed by atoms with van der Waals surface area (Å²) < 4.78 is 16.6. The van der Waals surface area contributed by atoms with E-state index >= 15 is 0 Å². The summed E-state index contributed by atoms with van der Waals surface area (Å²) in [5.41, 5.74) is 11.8. The minimum Gasteiger partial charge on any atom is -0.497 e. The van der Waals surface area contributed by atoms with Crippen molar-refractivity contribution >= 4 is 0 Å². The predicted octanol–water partition coefficient (Wildman–Crippen LogP) is 3.66. The quantitative estimate of drug-likeness (QED) is 0.589. The Kier molecular flexibility index (Phi) is 5.28. The molecule has 31 heavy (non-hydrogen) atoms. The summed E-state index contributed by atoms with van der Waals surface area (Å²) in [6, 6.07) is 23.1. The van der Waals surface area contributed by atoms with Crippen molar-refractivity contribution < 1.29 is 14.2 Å². The Morgan fingerprint density at radius 1 is 0.677 bits per heavy atom. The molecule has 3 aromatic carbocycles. The molecule has 0 spiro atoms. The minimum atomic E-state index is 0.00536. The Labute approximate surface area is 182 Å². The molecule has 6 heteroatoms. The predicted molar refractivity (Wildman–Crippen MR) is 120 cm³/mol. The Hall–Kier alpha value is -3.06. The van der Waals surface area contributed by atoms with Crippen molar-refractivity contribution in [3.8, 4) is 17.2 Å². The van der Waals surface area contributed by atoms with Gasteiger partial charge < -0.3 is 14.2 Å². The number of methoxy groups -OCH3 is 3. The lowest BCUT2D eigenvalue weighted by atomic mass is 9.77. The molecule has 5 rings (SSSR count). The summed E-state index contributed by atoms with van der Waals surface area (Å²) in [4.78, 5) is 0. The zero-order valence-electron chi connectivity index (χ0n) is 17.9. The second-order valence-electron chi connectivity index (χ2n) is 7.89. The van der Waals surface area contributed by atoms with E-state index in [-0.39, 0.29) is 24.2 Å². The SMILES string of the molecule is COc1ccc(C2NC3NNC(c4ccccc4)C3c3cc(OC)c(OC)cc32)cc1. The van der Waals surface area contributed by atoms with Crippen molar-refractivity contribution in [2.75, 3.05) is 21.3 Å². The first-order chi connectivity index (χ1) is 15.2. The van der Waals surface area contributed by atoms with Crippen molar-refractivity contribution in [3.05, 3.63) is 89.0 Å². The van der Waals surface area contributed by atoms with Gasteiger partial charge >= 0.3 is 0 Å². The molecule has 0 bridgehead atoms. The zero-order chi connectivity index (χ0) is 21.4. The highest BCUT2D eigenvalue weighted by molar-refractivity contribution is 5.54. The summed E-state index contributed by atoms with van der Waals surface area (Å²) in [6.07, 6.45) is 0.0582. The van der Waals surface area contributed by atoms with Crippen molar-refractivity contribution in [1.29, 1.82) is 0 Å². The van der Waals surface area contributed by atoms with Crippen molar-refractivity contribution in [2.24, 2.45) is 0 Å². The second kappa shape index (κ2) is 8.23. The van der Waals surface area contributed by atoms with E-state index < -0.39 is 0 Å². The molecular formula is C25H27N3O3. The van der Waals surface area contributed by atoms with E-state index in [1.165, 1.54) is 16.7 Å². The molecule has 0 aromatic heterocycles. The molecule has 4 unspecified atom stereocenters. The zero-order valence-corrected chi connectivity index (χ0v) is 17.9. The highest BCUT2D eigenvalue weighted by Crippen LogP contribution is 2.48. The van der Waals surface area contributed by atoms with Gasteiger partial charge in [-0.25, -0.2) is 10.9 Å². The number of ether oxygens (including phenoxy) is 3. The van der Waals surface area contributed by atoms with Crippen LogP contribution in [-0.4, -0.2) is 27.5 Å². The summed E-state index contributed by atoms with van der Waals surface area (Å²) in [7, 11) is 5.05. The smallest absolute Gasteiger partial charge is 0.161 e. The monoisotopic (exact) mass is 417 g/mol. The Balaban J connectivity index is 1.64. The fourth-order valence-corrected chi connectivity index (χ4v) is 4.80. The summed E-state index contributed by atoms with van der Waals surface area (Å²) in [5.74, 6) is 2.51. The van der Waals surface area contributed by atoms with Gasteiger partial charge in [0.05, 0.1) is 39.6 Å². The maximum atomic E-state index is 5.66. The number of hydrazine groups is 1. The van der Waals surface area contributed by atoms with Crippen LogP contribution < -0.4 is 30.4 Å². The van der Waals surface area contributed by atoms with Gasteiger partial charge in [-0.3, -0.25) is 5.32 Å². The fraction of sp³-hybridized carbons (Fsp3) is 0.280. The molecule has 1 fully saturated rings. The Bertz CT molecular complexity index is 1060. The van der Waals surface area contributed by atoms with E-state index in [1.807, 2.05) is 18.2 Å². The topological polar surface area (TPSA) is 63.8 Å². The molecule has 3 N–H and O–H groups in total. The van der Waals surface area contributed by atoms with Crippen LogP contribution in [0.4, 0.5) is 0 Å². The van der Waals surface area contributed by atoms with Crippen LogP contribution >= 0.6 is 0 Å². The standard InChI is InChI=1S/C25H27N3O3/c1-29-17-11-9-16(10-12-17)23-19-14-21(31-3)20(30-2)13-18(19)22-24(27-28-25(22)26-23)15-7-5-4-6-8-15/h4-14,22-28H,1-3H3. The molecule has 160 valence electrons. The average molecular weight is 418 g/mol. The average Bonchev–Trinajstić information content (AvgIpc) is 3.27. The van der Waals surface area contributed by atoms with E-state index in [0.29, 0.717) is 0 Å². The van der Waals surface area contributed by atoms with Gasteiger partial charge in [0.1, 0.15) is 5.75 Å². The van der Waals surface area contributed by atoms with Gasteiger partial charge in [-0.1, -0.05) is 42.5 Å². The van der Waals surface area contributed by atoms with Crippen LogP contribution in [0, 0.1) is 0 Å². The third-order valence-electron chi connectivity index (χ3n) is 6.33. The first kappa shape index (κ1) is 19.9. The van der Waals surface area contributed by atoms with Crippen molar-refractivity contribution in [1.82, 2.24) is 16.2 Å².